The Bertz CT molecular complexity index is 739. The molecule has 2 aromatic rings. The minimum Gasteiger partial charge on any atom is -0.489 e. The molecule has 1 heterocycles. The van der Waals surface area contributed by atoms with E-state index in [1.807, 2.05) is 0 Å². The normalized spacial score (nSPS) is 10.4. The van der Waals surface area contributed by atoms with Gasteiger partial charge in [-0.15, -0.1) is 0 Å². The quantitative estimate of drug-likeness (QED) is 0.448. The fourth-order valence-corrected chi connectivity index (χ4v) is 2.76. The highest BCUT2D eigenvalue weighted by Crippen LogP contribution is 2.37. The Kier molecular flexibility index (Phi) is 7.60. The van der Waals surface area contributed by atoms with Crippen LogP contribution < -0.4 is 9.47 Å². The number of hydrogen-bond donors (Lipinski definition) is 0. The summed E-state index contributed by atoms with van der Waals surface area (Å²) in [6, 6.07) is 6.46. The van der Waals surface area contributed by atoms with Gasteiger partial charge in [0.1, 0.15) is 33.8 Å². The van der Waals surface area contributed by atoms with Gasteiger partial charge < -0.3 is 9.47 Å². The fourth-order valence-electron chi connectivity index (χ4n) is 1.66. The topological polar surface area (TPSA) is 31.4 Å². The summed E-state index contributed by atoms with van der Waals surface area (Å²) < 4.78 is 11.2. The van der Waals surface area contributed by atoms with Gasteiger partial charge in [-0.2, -0.15) is 0 Å². The monoisotopic (exact) mass is 445 g/mol. The van der Waals surface area contributed by atoms with E-state index in [-0.39, 0.29) is 32.9 Å². The molecule has 9 heteroatoms. The number of hydrogen-bond acceptors (Lipinski definition) is 3. The minimum absolute atomic E-state index is 0.112. The third kappa shape index (κ3) is 5.76. The van der Waals surface area contributed by atoms with Crippen LogP contribution in [0.5, 0.6) is 11.5 Å². The van der Waals surface area contributed by atoms with Gasteiger partial charge in [-0.05, 0) is 18.2 Å². The smallest absolute Gasteiger partial charge is 0.157 e. The molecule has 0 atom stereocenters. The maximum Gasteiger partial charge on any atom is 0.157 e. The first-order valence-corrected chi connectivity index (χ1v) is 8.70. The second kappa shape index (κ2) is 9.23. The Morgan fingerprint density at radius 3 is 2.25 bits per heavy atom. The average Bonchev–Trinajstić information content (AvgIpc) is 2.48. The van der Waals surface area contributed by atoms with Crippen LogP contribution in [0.2, 0.25) is 20.4 Å². The third-order valence-corrected chi connectivity index (χ3v) is 4.13. The highest BCUT2D eigenvalue weighted by Gasteiger charge is 2.12. The lowest BCUT2D eigenvalue weighted by molar-refractivity contribution is 0.305. The van der Waals surface area contributed by atoms with Crippen LogP contribution in [-0.4, -0.2) is 11.6 Å². The Morgan fingerprint density at radius 2 is 1.67 bits per heavy atom. The Morgan fingerprint density at radius 1 is 1.00 bits per heavy atom. The van der Waals surface area contributed by atoms with Crippen molar-refractivity contribution in [1.82, 2.24) is 4.98 Å². The predicted molar refractivity (Wildman–Crippen MR) is 100 cm³/mol. The summed E-state index contributed by atoms with van der Waals surface area (Å²) in [7, 11) is 0. The van der Waals surface area contributed by atoms with Crippen LogP contribution >= 0.6 is 69.6 Å². The van der Waals surface area contributed by atoms with Gasteiger partial charge in [-0.1, -0.05) is 69.6 Å². The van der Waals surface area contributed by atoms with Crippen molar-refractivity contribution in [2.24, 2.45) is 0 Å². The molecule has 24 heavy (non-hydrogen) atoms. The summed E-state index contributed by atoms with van der Waals surface area (Å²) in [5.74, 6) is 0.761. The van der Waals surface area contributed by atoms with Crippen LogP contribution in [0.1, 0.15) is 5.56 Å². The molecule has 1 aromatic heterocycles. The molecule has 0 radical (unpaired) electrons. The Labute approximate surface area is 169 Å². The number of pyridine rings is 1. The predicted octanol–water partition coefficient (Wildman–Crippen LogP) is 6.97. The van der Waals surface area contributed by atoms with E-state index in [2.05, 4.69) is 4.98 Å². The minimum atomic E-state index is 0.112. The van der Waals surface area contributed by atoms with E-state index in [1.54, 1.807) is 24.3 Å². The zero-order chi connectivity index (χ0) is 17.7. The van der Waals surface area contributed by atoms with Gasteiger partial charge in [0, 0.05) is 17.7 Å². The first-order valence-electron chi connectivity index (χ1n) is 6.43. The van der Waals surface area contributed by atoms with Gasteiger partial charge in [0.15, 0.2) is 5.75 Å². The molecule has 0 aliphatic carbocycles. The number of aromatic nitrogens is 1. The van der Waals surface area contributed by atoms with Crippen LogP contribution in [-0.2, 0) is 6.61 Å². The van der Waals surface area contributed by atoms with Gasteiger partial charge in [-0.25, -0.2) is 4.98 Å². The van der Waals surface area contributed by atoms with Crippen molar-refractivity contribution < 1.29 is 9.47 Å². The van der Waals surface area contributed by atoms with Gasteiger partial charge >= 0.3 is 0 Å². The molecule has 2 rings (SSSR count). The largest absolute Gasteiger partial charge is 0.489 e. The van der Waals surface area contributed by atoms with Crippen molar-refractivity contribution in [1.29, 1.82) is 0 Å². The lowest BCUT2D eigenvalue weighted by Crippen LogP contribution is -2.00. The number of rotatable bonds is 6. The second-order valence-corrected chi connectivity index (χ2v) is 6.96. The molecule has 0 spiro atoms. The molecule has 0 saturated carbocycles. The molecule has 128 valence electrons. The van der Waals surface area contributed by atoms with E-state index in [0.29, 0.717) is 22.2 Å². The Hall–Kier alpha value is -0.550. The van der Waals surface area contributed by atoms with Crippen LogP contribution in [0.4, 0.5) is 0 Å². The van der Waals surface area contributed by atoms with Crippen molar-refractivity contribution in [3.63, 3.8) is 0 Å². The molecule has 0 aliphatic rings. The third-order valence-electron chi connectivity index (χ3n) is 2.72. The summed E-state index contributed by atoms with van der Waals surface area (Å²) in [4.78, 5) is 3.93. The molecule has 0 saturated heterocycles. The molecule has 0 amide bonds. The van der Waals surface area contributed by atoms with Gasteiger partial charge in [0.05, 0.1) is 10.0 Å². The maximum atomic E-state index is 6.18. The molecular formula is C15H9Cl6NO2. The molecule has 0 N–H and O–H groups in total. The van der Waals surface area contributed by atoms with Gasteiger partial charge in [-0.3, -0.25) is 0 Å². The van der Waals surface area contributed by atoms with Crippen LogP contribution in [0, 0.1) is 0 Å². The van der Waals surface area contributed by atoms with Crippen molar-refractivity contribution >= 4 is 69.6 Å². The molecule has 0 unspecified atom stereocenters. The van der Waals surface area contributed by atoms with E-state index in [1.165, 1.54) is 6.08 Å². The second-order valence-electron chi connectivity index (χ2n) is 4.39. The van der Waals surface area contributed by atoms with Gasteiger partial charge in [0.2, 0.25) is 0 Å². The zero-order valence-electron chi connectivity index (χ0n) is 11.8. The summed E-state index contributed by atoms with van der Waals surface area (Å²) in [6.07, 6.45) is 1.49. The van der Waals surface area contributed by atoms with E-state index in [9.17, 15) is 0 Å². The first kappa shape index (κ1) is 19.8. The number of halogens is 6. The average molecular weight is 448 g/mol. The van der Waals surface area contributed by atoms with Crippen LogP contribution in [0.15, 0.2) is 34.8 Å². The highest BCUT2D eigenvalue weighted by molar-refractivity contribution is 6.55. The first-order chi connectivity index (χ1) is 11.4. The zero-order valence-corrected chi connectivity index (χ0v) is 16.4. The molecule has 1 aromatic carbocycles. The van der Waals surface area contributed by atoms with E-state index in [4.69, 9.17) is 79.1 Å². The van der Waals surface area contributed by atoms with Crippen molar-refractivity contribution in [2.45, 2.75) is 6.61 Å². The molecule has 0 bridgehead atoms. The van der Waals surface area contributed by atoms with Crippen molar-refractivity contribution in [2.75, 3.05) is 6.61 Å². The lowest BCUT2D eigenvalue weighted by atomic mass is 10.3. The van der Waals surface area contributed by atoms with E-state index < -0.39 is 0 Å². The molecule has 0 aliphatic heterocycles. The molecule has 3 nitrogen and oxygen atoms in total. The van der Waals surface area contributed by atoms with Gasteiger partial charge in [0.25, 0.3) is 0 Å². The summed E-state index contributed by atoms with van der Waals surface area (Å²) in [6.45, 7) is 0.314. The number of ether oxygens (including phenoxy) is 2. The summed E-state index contributed by atoms with van der Waals surface area (Å²) in [5.41, 5.74) is 0.649. The van der Waals surface area contributed by atoms with Crippen molar-refractivity contribution in [3.8, 4) is 11.5 Å². The Balaban J connectivity index is 2.09. The van der Waals surface area contributed by atoms with Crippen LogP contribution in [0.25, 0.3) is 0 Å². The van der Waals surface area contributed by atoms with E-state index in [0.717, 1.165) is 0 Å². The molecular weight excluding hydrogens is 439 g/mol. The highest BCUT2D eigenvalue weighted by atomic mass is 35.5. The standard InChI is InChI=1S/C15H9Cl6NO2/c16-10-5-9(23-4-3-12(18)19)6-11(17)14(10)24-7-8-1-2-13(20)22-15(8)21/h1-3,5-6H,4,7H2. The van der Waals surface area contributed by atoms with Crippen molar-refractivity contribution in [3.05, 3.63) is 60.7 Å². The summed E-state index contributed by atoms with van der Waals surface area (Å²) >= 11 is 35.1. The summed E-state index contributed by atoms with van der Waals surface area (Å²) in [5, 5.41) is 1.12. The number of nitrogens with zero attached hydrogens (tertiary/aromatic N) is 1. The lowest BCUT2D eigenvalue weighted by Gasteiger charge is -2.12. The SMILES string of the molecule is ClC(Cl)=CCOc1cc(Cl)c(OCc2ccc(Cl)nc2Cl)c(Cl)c1. The number of benzene rings is 1. The van der Waals surface area contributed by atoms with Crippen LogP contribution in [0.3, 0.4) is 0 Å². The van der Waals surface area contributed by atoms with E-state index >= 15 is 0 Å². The molecule has 0 fully saturated rings. The maximum absolute atomic E-state index is 6.18. The fraction of sp³-hybridized carbons (Fsp3) is 0.133.